The van der Waals surface area contributed by atoms with Crippen LogP contribution in [0, 0.1) is 17.5 Å². The van der Waals surface area contributed by atoms with Crippen molar-refractivity contribution in [1.82, 2.24) is 0 Å². The molecular weight excluding hydrogens is 285 g/mol. The van der Waals surface area contributed by atoms with Gasteiger partial charge in [0.15, 0.2) is 11.6 Å². The highest BCUT2D eigenvalue weighted by molar-refractivity contribution is 7.21. The van der Waals surface area contributed by atoms with E-state index in [0.717, 1.165) is 16.8 Å². The highest BCUT2D eigenvalue weighted by Gasteiger charge is 2.15. The Hall–Kier alpha value is -2.14. The summed E-state index contributed by atoms with van der Waals surface area (Å²) in [5.74, 6) is -2.87. The Morgan fingerprint density at radius 1 is 0.900 bits per heavy atom. The molecule has 3 rings (SSSR count). The van der Waals surface area contributed by atoms with E-state index in [4.69, 9.17) is 0 Å². The number of rotatable bonds is 2. The zero-order valence-electron chi connectivity index (χ0n) is 9.99. The van der Waals surface area contributed by atoms with E-state index in [2.05, 4.69) is 0 Å². The molecule has 0 saturated heterocycles. The first kappa shape index (κ1) is 12.9. The molecule has 3 aromatic rings. The summed E-state index contributed by atoms with van der Waals surface area (Å²) in [6.45, 7) is 0. The molecule has 0 radical (unpaired) electrons. The summed E-state index contributed by atoms with van der Waals surface area (Å²) >= 11 is 1.19. The molecule has 1 aromatic heterocycles. The Labute approximate surface area is 116 Å². The van der Waals surface area contributed by atoms with Crippen LogP contribution in [0.5, 0.6) is 0 Å². The van der Waals surface area contributed by atoms with E-state index in [9.17, 15) is 18.0 Å². The van der Waals surface area contributed by atoms with Crippen LogP contribution in [0.15, 0.2) is 42.5 Å². The van der Waals surface area contributed by atoms with Gasteiger partial charge in [0, 0.05) is 10.3 Å². The number of ketones is 1. The monoisotopic (exact) mass is 292 g/mol. The lowest BCUT2D eigenvalue weighted by Crippen LogP contribution is -2.00. The Bertz CT molecular complexity index is 823. The first-order valence-electron chi connectivity index (χ1n) is 5.73. The number of carbonyl (C=O) groups excluding carboxylic acids is 1. The van der Waals surface area contributed by atoms with Gasteiger partial charge in [0.1, 0.15) is 5.82 Å². The van der Waals surface area contributed by atoms with E-state index in [0.29, 0.717) is 10.3 Å². The molecule has 0 saturated carbocycles. The molecule has 0 aliphatic heterocycles. The summed E-state index contributed by atoms with van der Waals surface area (Å²) in [4.78, 5) is 12.5. The molecule has 0 aliphatic carbocycles. The number of halogens is 3. The largest absolute Gasteiger partial charge is 0.288 e. The zero-order valence-corrected chi connectivity index (χ0v) is 10.8. The van der Waals surface area contributed by atoms with Gasteiger partial charge in [-0.3, -0.25) is 4.79 Å². The average molecular weight is 292 g/mol. The van der Waals surface area contributed by atoms with Gasteiger partial charge in [-0.15, -0.1) is 11.3 Å². The number of carbonyl (C=O) groups is 1. The quantitative estimate of drug-likeness (QED) is 0.633. The van der Waals surface area contributed by atoms with Gasteiger partial charge < -0.3 is 0 Å². The lowest BCUT2D eigenvalue weighted by atomic mass is 10.1. The van der Waals surface area contributed by atoms with E-state index in [1.165, 1.54) is 29.5 Å². The lowest BCUT2D eigenvalue weighted by Gasteiger charge is -1.98. The number of benzene rings is 2. The predicted octanol–water partition coefficient (Wildman–Crippen LogP) is 4.55. The van der Waals surface area contributed by atoms with Gasteiger partial charge in [-0.1, -0.05) is 0 Å². The Morgan fingerprint density at radius 3 is 2.45 bits per heavy atom. The molecule has 0 atom stereocenters. The summed E-state index contributed by atoms with van der Waals surface area (Å²) in [6, 6.07) is 8.77. The second-order valence-corrected chi connectivity index (χ2v) is 5.33. The van der Waals surface area contributed by atoms with Crippen LogP contribution in [0.4, 0.5) is 13.2 Å². The van der Waals surface area contributed by atoms with Crippen molar-refractivity contribution in [3.63, 3.8) is 0 Å². The van der Waals surface area contributed by atoms with Crippen molar-refractivity contribution in [1.29, 1.82) is 0 Å². The maximum absolute atomic E-state index is 13.1. The second kappa shape index (κ2) is 4.76. The lowest BCUT2D eigenvalue weighted by molar-refractivity contribution is 0.104. The summed E-state index contributed by atoms with van der Waals surface area (Å²) in [5, 5.41) is 0.612. The first-order valence-corrected chi connectivity index (χ1v) is 6.55. The topological polar surface area (TPSA) is 17.1 Å². The molecule has 0 amide bonds. The van der Waals surface area contributed by atoms with Crippen molar-refractivity contribution in [2.45, 2.75) is 0 Å². The zero-order chi connectivity index (χ0) is 14.3. The molecule has 1 heterocycles. The molecule has 0 fully saturated rings. The minimum absolute atomic E-state index is 0.0657. The molecule has 0 N–H and O–H groups in total. The highest BCUT2D eigenvalue weighted by Crippen LogP contribution is 2.28. The third-order valence-electron chi connectivity index (χ3n) is 2.88. The fourth-order valence-electron chi connectivity index (χ4n) is 1.91. The molecule has 0 unspecified atom stereocenters. The van der Waals surface area contributed by atoms with Crippen LogP contribution in [0.2, 0.25) is 0 Å². The van der Waals surface area contributed by atoms with Crippen LogP contribution in [0.25, 0.3) is 10.1 Å². The summed E-state index contributed by atoms with van der Waals surface area (Å²) < 4.78 is 39.8. The van der Waals surface area contributed by atoms with Crippen LogP contribution >= 0.6 is 11.3 Å². The molecule has 5 heteroatoms. The van der Waals surface area contributed by atoms with Gasteiger partial charge in [0.05, 0.1) is 4.88 Å². The SMILES string of the molecule is O=C(c1ccc(F)c(F)c1)c1cc2cc(F)ccc2s1. The minimum Gasteiger partial charge on any atom is -0.288 e. The molecule has 100 valence electrons. The maximum Gasteiger partial charge on any atom is 0.203 e. The van der Waals surface area contributed by atoms with E-state index >= 15 is 0 Å². The van der Waals surface area contributed by atoms with Gasteiger partial charge in [-0.25, -0.2) is 13.2 Å². The standard InChI is InChI=1S/C15H7F3OS/c16-10-2-4-13-9(5-10)7-14(20-13)15(19)8-1-3-11(17)12(18)6-8/h1-7H. The van der Waals surface area contributed by atoms with Crippen LogP contribution < -0.4 is 0 Å². The van der Waals surface area contributed by atoms with Gasteiger partial charge >= 0.3 is 0 Å². The fraction of sp³-hybridized carbons (Fsp3) is 0. The van der Waals surface area contributed by atoms with Crippen molar-refractivity contribution in [2.24, 2.45) is 0 Å². The van der Waals surface area contributed by atoms with Crippen molar-refractivity contribution in [3.8, 4) is 0 Å². The number of fused-ring (bicyclic) bond motifs is 1. The number of thiophene rings is 1. The van der Waals surface area contributed by atoms with E-state index in [1.807, 2.05) is 0 Å². The van der Waals surface area contributed by atoms with Crippen LogP contribution in [-0.2, 0) is 0 Å². The minimum atomic E-state index is -1.07. The van der Waals surface area contributed by atoms with E-state index in [-0.39, 0.29) is 11.4 Å². The molecule has 0 aliphatic rings. The second-order valence-electron chi connectivity index (χ2n) is 4.25. The maximum atomic E-state index is 13.1. The van der Waals surface area contributed by atoms with Gasteiger partial charge in [-0.2, -0.15) is 0 Å². The molecule has 2 aromatic carbocycles. The Morgan fingerprint density at radius 2 is 1.70 bits per heavy atom. The third kappa shape index (κ3) is 2.20. The third-order valence-corrected chi connectivity index (χ3v) is 4.00. The molecule has 0 bridgehead atoms. The first-order chi connectivity index (χ1) is 9.54. The van der Waals surface area contributed by atoms with Crippen molar-refractivity contribution >= 4 is 27.2 Å². The van der Waals surface area contributed by atoms with Crippen molar-refractivity contribution in [2.75, 3.05) is 0 Å². The molecule has 0 spiro atoms. The summed E-state index contributed by atoms with van der Waals surface area (Å²) in [7, 11) is 0. The van der Waals surface area contributed by atoms with Crippen LogP contribution in [0.1, 0.15) is 15.2 Å². The Kier molecular flexibility index (Phi) is 3.06. The van der Waals surface area contributed by atoms with E-state index < -0.39 is 17.4 Å². The average Bonchev–Trinajstić information content (AvgIpc) is 2.84. The van der Waals surface area contributed by atoms with Crippen molar-refractivity contribution < 1.29 is 18.0 Å². The van der Waals surface area contributed by atoms with Crippen molar-refractivity contribution in [3.05, 3.63) is 70.4 Å². The van der Waals surface area contributed by atoms with Gasteiger partial charge in [0.2, 0.25) is 5.78 Å². The van der Waals surface area contributed by atoms with Crippen LogP contribution in [0.3, 0.4) is 0 Å². The highest BCUT2D eigenvalue weighted by atomic mass is 32.1. The van der Waals surface area contributed by atoms with Gasteiger partial charge in [0.25, 0.3) is 0 Å². The summed E-state index contributed by atoms with van der Waals surface area (Å²) in [6.07, 6.45) is 0. The number of hydrogen-bond acceptors (Lipinski definition) is 2. The number of hydrogen-bond donors (Lipinski definition) is 0. The summed E-state index contributed by atoms with van der Waals surface area (Å²) in [5.41, 5.74) is 0.0657. The van der Waals surface area contributed by atoms with Crippen LogP contribution in [-0.4, -0.2) is 5.78 Å². The molecule has 20 heavy (non-hydrogen) atoms. The molecular formula is C15H7F3OS. The normalized spacial score (nSPS) is 10.9. The fourth-order valence-corrected chi connectivity index (χ4v) is 2.91. The Balaban J connectivity index is 2.05. The molecule has 1 nitrogen and oxygen atoms in total. The predicted molar refractivity (Wildman–Crippen MR) is 71.6 cm³/mol. The van der Waals surface area contributed by atoms with Gasteiger partial charge in [-0.05, 0) is 47.9 Å². The van der Waals surface area contributed by atoms with E-state index in [1.54, 1.807) is 12.1 Å². The smallest absolute Gasteiger partial charge is 0.203 e.